The molecule has 1 amide bonds. The number of cyclic esters (lactones) is 1. The van der Waals surface area contributed by atoms with Gasteiger partial charge in [0.05, 0.1) is 35.6 Å². The Kier molecular flexibility index (Phi) is 14.3. The fraction of sp³-hybridized carbons (Fsp3) is 0.444. The highest BCUT2D eigenvalue weighted by atomic mass is 32.1. The molecular formula is C45H54N8O11S. The van der Waals surface area contributed by atoms with Gasteiger partial charge in [-0.05, 0) is 86.3 Å². The second-order valence-electron chi connectivity index (χ2n) is 16.6. The van der Waals surface area contributed by atoms with E-state index in [9.17, 15) is 29.4 Å². The van der Waals surface area contributed by atoms with Crippen LogP contribution in [0.5, 0.6) is 5.75 Å². The number of nitrogens with two attached hydrogens (primary N) is 2. The molecule has 5 heterocycles. The predicted molar refractivity (Wildman–Crippen MR) is 242 cm³/mol. The van der Waals surface area contributed by atoms with Crippen LogP contribution in [0.4, 0.5) is 5.69 Å². The first-order chi connectivity index (χ1) is 31.1. The van der Waals surface area contributed by atoms with E-state index in [1.807, 2.05) is 44.2 Å². The molecular weight excluding hydrogens is 861 g/mol. The Balaban J connectivity index is 1.08. The third kappa shape index (κ3) is 10.1. The van der Waals surface area contributed by atoms with E-state index in [1.54, 1.807) is 41.8 Å². The zero-order chi connectivity index (χ0) is 46.6. The second kappa shape index (κ2) is 19.9. The summed E-state index contributed by atoms with van der Waals surface area (Å²) >= 11 is 5.62. The Bertz CT molecular complexity index is 2530. The third-order valence-corrected chi connectivity index (χ3v) is 11.8. The molecule has 7 atom stereocenters. The van der Waals surface area contributed by atoms with Gasteiger partial charge in [0.25, 0.3) is 5.56 Å². The van der Waals surface area contributed by atoms with Crippen LogP contribution in [0.1, 0.15) is 63.1 Å². The first-order valence-corrected chi connectivity index (χ1v) is 21.8. The molecule has 3 aliphatic heterocycles. The number of ether oxygens (including phenoxy) is 5. The molecule has 3 aliphatic rings. The summed E-state index contributed by atoms with van der Waals surface area (Å²) in [7, 11) is 1.37. The van der Waals surface area contributed by atoms with Crippen molar-refractivity contribution in [3.05, 3.63) is 87.7 Å². The summed E-state index contributed by atoms with van der Waals surface area (Å²) in [5.74, 6) is -2.21. The molecule has 1 fully saturated rings. The van der Waals surface area contributed by atoms with Crippen molar-refractivity contribution in [1.82, 2.24) is 20.2 Å². The van der Waals surface area contributed by atoms with Gasteiger partial charge in [0, 0.05) is 35.9 Å². The first kappa shape index (κ1) is 46.8. The lowest BCUT2D eigenvalue weighted by atomic mass is 9.85. The van der Waals surface area contributed by atoms with Crippen molar-refractivity contribution < 1.29 is 48.3 Å². The van der Waals surface area contributed by atoms with E-state index in [0.29, 0.717) is 29.2 Å². The molecule has 0 aliphatic carbocycles. The maximum absolute atomic E-state index is 14.4. The number of hydrogen-bond donors (Lipinski definition) is 7. The molecule has 4 aromatic rings. The topological polar surface area (TPSA) is 273 Å². The zero-order valence-corrected chi connectivity index (χ0v) is 37.3. The number of guanidine groups is 1. The van der Waals surface area contributed by atoms with Crippen LogP contribution in [0.25, 0.3) is 22.3 Å². The number of para-hydroxylation sites is 1. The summed E-state index contributed by atoms with van der Waals surface area (Å²) in [5, 5.41) is 30.5. The molecule has 2 aromatic carbocycles. The molecule has 65 heavy (non-hydrogen) atoms. The molecule has 0 radical (unpaired) electrons. The number of hydrogen-bond acceptors (Lipinski definition) is 14. The van der Waals surface area contributed by atoms with E-state index >= 15 is 0 Å². The summed E-state index contributed by atoms with van der Waals surface area (Å²) in [6.45, 7) is 5.50. The number of carbonyl (C=O) groups is 3. The minimum absolute atomic E-state index is 0.0649. The van der Waals surface area contributed by atoms with E-state index in [4.69, 9.17) is 52.4 Å². The monoisotopic (exact) mass is 914 g/mol. The Labute approximate surface area is 379 Å². The zero-order valence-electron chi connectivity index (χ0n) is 36.4. The molecule has 7 rings (SSSR count). The Morgan fingerprint density at radius 1 is 1.08 bits per heavy atom. The van der Waals surface area contributed by atoms with Gasteiger partial charge >= 0.3 is 11.9 Å². The first-order valence-electron chi connectivity index (χ1n) is 21.4. The number of fused-ring (bicyclic) bond motifs is 5. The molecule has 19 nitrogen and oxygen atoms in total. The van der Waals surface area contributed by atoms with Crippen molar-refractivity contribution >= 4 is 57.7 Å². The number of nitrogens with one attached hydrogen (secondary N) is 3. The smallest absolute Gasteiger partial charge is 0.355 e. The number of anilines is 1. The number of aliphatic hydroxyl groups is 2. The van der Waals surface area contributed by atoms with Crippen LogP contribution in [0.3, 0.4) is 0 Å². The van der Waals surface area contributed by atoms with E-state index in [0.717, 1.165) is 16.5 Å². The molecule has 2 unspecified atom stereocenters. The van der Waals surface area contributed by atoms with Crippen LogP contribution in [0.15, 0.2) is 70.5 Å². The lowest BCUT2D eigenvalue weighted by molar-refractivity contribution is -0.247. The Morgan fingerprint density at radius 2 is 1.83 bits per heavy atom. The number of rotatable bonds is 16. The molecule has 346 valence electrons. The van der Waals surface area contributed by atoms with E-state index in [-0.39, 0.29) is 79.2 Å². The van der Waals surface area contributed by atoms with Crippen LogP contribution in [0, 0.1) is 5.92 Å². The van der Waals surface area contributed by atoms with Crippen molar-refractivity contribution in [3.8, 4) is 17.1 Å². The van der Waals surface area contributed by atoms with Gasteiger partial charge in [0.1, 0.15) is 42.8 Å². The van der Waals surface area contributed by atoms with Crippen molar-refractivity contribution in [3.63, 3.8) is 0 Å². The molecule has 9 N–H and O–H groups in total. The van der Waals surface area contributed by atoms with Crippen LogP contribution in [-0.4, -0.2) is 106 Å². The highest BCUT2D eigenvalue weighted by Crippen LogP contribution is 2.41. The number of esters is 2. The van der Waals surface area contributed by atoms with Crippen LogP contribution in [0.2, 0.25) is 0 Å². The van der Waals surface area contributed by atoms with E-state index in [1.165, 1.54) is 7.11 Å². The highest BCUT2D eigenvalue weighted by Gasteiger charge is 2.51. The number of aliphatic imine (C=N–C) groups is 1. The molecule has 0 bridgehead atoms. The number of pyridine rings is 2. The summed E-state index contributed by atoms with van der Waals surface area (Å²) in [4.78, 5) is 65.5. The molecule has 0 spiro atoms. The van der Waals surface area contributed by atoms with Crippen molar-refractivity contribution in [1.29, 1.82) is 0 Å². The number of methoxy groups -OCH3 is 1. The van der Waals surface area contributed by atoms with Gasteiger partial charge in [0.15, 0.2) is 11.1 Å². The van der Waals surface area contributed by atoms with Gasteiger partial charge < -0.3 is 65.9 Å². The van der Waals surface area contributed by atoms with Crippen molar-refractivity contribution in [2.45, 2.75) is 102 Å². The lowest BCUT2D eigenvalue weighted by Gasteiger charge is -2.37. The fourth-order valence-electron chi connectivity index (χ4n) is 8.30. The molecule has 2 aromatic heterocycles. The highest BCUT2D eigenvalue weighted by molar-refractivity contribution is 7.80. The van der Waals surface area contributed by atoms with Crippen LogP contribution < -0.4 is 37.7 Å². The normalized spacial score (nSPS) is 21.8. The lowest BCUT2D eigenvalue weighted by Crippen LogP contribution is -2.55. The number of nitrogens with zero attached hydrogens (tertiary/aromatic N) is 3. The largest absolute Gasteiger partial charge is 0.462 e. The summed E-state index contributed by atoms with van der Waals surface area (Å²) in [6.07, 6.45) is -3.62. The SMILES string of the molecule is CC[C@@]1(OC(=O)C(CC(C)C)NC(=O)[C@H](CCCN=C(N)N)NC(=S)Nc2ccc(O[C@H]3OC[C@@H](O)[C@@H](OC)C3O)cc2)C(=O)OCc2c1cc1n(c2=O)Cc2cc3ccccc3nc2-1. The van der Waals surface area contributed by atoms with Gasteiger partial charge in [-0.3, -0.25) is 14.6 Å². The van der Waals surface area contributed by atoms with E-state index in [2.05, 4.69) is 20.9 Å². The fourth-order valence-corrected chi connectivity index (χ4v) is 8.56. The standard InChI is InChI=1S/C45H54N8O11S/c1-5-45(29-19-33-35-25(18-24-9-6-7-10-30(24)50-35)20-53(33)39(57)28(29)21-62-42(45)59)64-40(58)32(17-23(2)3)51-38(56)31(11-8-16-48-43(46)47)52-44(65)49-26-12-14-27(15-13-26)63-41-36(55)37(60-4)34(54)22-61-41/h6-7,9-10,12-15,18-19,23,31-32,34,36-37,41,54-55H,5,8,11,16-17,20-22H2,1-4H3,(H,51,56)(H4,46,47,48)(H2,49,52,65)/t31-,32?,34+,36?,37+,41+,45-/m0/s1. The average molecular weight is 915 g/mol. The van der Waals surface area contributed by atoms with Crippen molar-refractivity contribution in [2.75, 3.05) is 25.6 Å². The number of carbonyl (C=O) groups excluding carboxylic acids is 3. The summed E-state index contributed by atoms with van der Waals surface area (Å²) in [5.41, 5.74) is 12.3. The van der Waals surface area contributed by atoms with Gasteiger partial charge in [-0.25, -0.2) is 14.6 Å². The predicted octanol–water partition coefficient (Wildman–Crippen LogP) is 2.04. The molecule has 1 saturated heterocycles. The number of amides is 1. The summed E-state index contributed by atoms with van der Waals surface area (Å²) < 4.78 is 29.8. The third-order valence-electron chi connectivity index (χ3n) is 11.6. The van der Waals surface area contributed by atoms with Gasteiger partial charge in [-0.1, -0.05) is 39.0 Å². The van der Waals surface area contributed by atoms with Crippen molar-refractivity contribution in [2.24, 2.45) is 22.4 Å². The number of thiocarbonyl (C=S) groups is 1. The molecule has 20 heteroatoms. The number of benzene rings is 2. The van der Waals surface area contributed by atoms with Crippen LogP contribution >= 0.6 is 12.2 Å². The Morgan fingerprint density at radius 3 is 2.54 bits per heavy atom. The minimum atomic E-state index is -2.00. The number of aromatic nitrogens is 2. The van der Waals surface area contributed by atoms with Crippen LogP contribution in [-0.2, 0) is 52.1 Å². The second-order valence-corrected chi connectivity index (χ2v) is 17.0. The van der Waals surface area contributed by atoms with Gasteiger partial charge in [-0.2, -0.15) is 0 Å². The van der Waals surface area contributed by atoms with Gasteiger partial charge in [0.2, 0.25) is 17.8 Å². The Hall–Kier alpha value is -6.19. The van der Waals surface area contributed by atoms with E-state index < -0.39 is 60.1 Å². The maximum Gasteiger partial charge on any atom is 0.355 e. The van der Waals surface area contributed by atoms with Gasteiger partial charge in [-0.15, -0.1) is 0 Å². The number of aliphatic hydroxyl groups excluding tert-OH is 2. The summed E-state index contributed by atoms with van der Waals surface area (Å²) in [6, 6.07) is 15.6. The maximum atomic E-state index is 14.4. The quantitative estimate of drug-likeness (QED) is 0.0245. The minimum Gasteiger partial charge on any atom is -0.462 e. The average Bonchev–Trinajstić information content (AvgIpc) is 3.63. The molecule has 0 saturated carbocycles.